The van der Waals surface area contributed by atoms with Crippen LogP contribution in [-0.4, -0.2) is 41.5 Å². The molecule has 4 nitrogen and oxygen atoms in total. The number of hydrogen-bond donors (Lipinski definition) is 1. The summed E-state index contributed by atoms with van der Waals surface area (Å²) in [6.07, 6.45) is 4.16. The van der Waals surface area contributed by atoms with Crippen LogP contribution in [0.3, 0.4) is 0 Å². The second-order valence-corrected chi connectivity index (χ2v) is 5.36. The number of likely N-dealkylation sites (tertiary alicyclic amines) is 1. The van der Waals surface area contributed by atoms with Gasteiger partial charge in [0, 0.05) is 31.0 Å². The second kappa shape index (κ2) is 4.69. The van der Waals surface area contributed by atoms with Crippen molar-refractivity contribution in [3.8, 4) is 0 Å². The molecule has 1 amide bonds. The van der Waals surface area contributed by atoms with E-state index in [9.17, 15) is 4.79 Å². The van der Waals surface area contributed by atoms with Crippen LogP contribution in [0.15, 0.2) is 18.3 Å². The molecule has 1 aromatic heterocycles. The normalized spacial score (nSPS) is 27.1. The number of nitrogens with one attached hydrogen (secondary N) is 1. The van der Waals surface area contributed by atoms with Crippen LogP contribution in [0.4, 0.5) is 0 Å². The maximum absolute atomic E-state index is 12.4. The lowest BCUT2D eigenvalue weighted by molar-refractivity contribution is 0.0785. The molecule has 2 aliphatic rings. The number of amides is 1. The predicted molar refractivity (Wildman–Crippen MR) is 69.4 cm³/mol. The Bertz CT molecular complexity index is 429. The Morgan fingerprint density at radius 3 is 3.06 bits per heavy atom. The fourth-order valence-corrected chi connectivity index (χ4v) is 2.99. The number of carbonyl (C=O) groups excluding carboxylic acids is 1. The van der Waals surface area contributed by atoms with Gasteiger partial charge in [0.25, 0.3) is 5.91 Å². The third-order valence-electron chi connectivity index (χ3n) is 4.04. The SMILES string of the molecule is Cc1ccc(C(=O)N2CC3CCCNC3C2)cn1. The Kier molecular flexibility index (Phi) is 3.04. The monoisotopic (exact) mass is 245 g/mol. The van der Waals surface area contributed by atoms with Gasteiger partial charge in [0.2, 0.25) is 0 Å². The van der Waals surface area contributed by atoms with E-state index in [1.165, 1.54) is 12.8 Å². The molecule has 2 atom stereocenters. The summed E-state index contributed by atoms with van der Waals surface area (Å²) in [5, 5.41) is 3.52. The molecular weight excluding hydrogens is 226 g/mol. The van der Waals surface area contributed by atoms with Gasteiger partial charge in [-0.15, -0.1) is 0 Å². The van der Waals surface area contributed by atoms with Crippen molar-refractivity contribution in [1.29, 1.82) is 0 Å². The van der Waals surface area contributed by atoms with Gasteiger partial charge >= 0.3 is 0 Å². The topological polar surface area (TPSA) is 45.2 Å². The van der Waals surface area contributed by atoms with E-state index >= 15 is 0 Å². The lowest BCUT2D eigenvalue weighted by Gasteiger charge is -2.24. The van der Waals surface area contributed by atoms with Gasteiger partial charge in [-0.25, -0.2) is 0 Å². The lowest BCUT2D eigenvalue weighted by atomic mass is 9.94. The summed E-state index contributed by atoms with van der Waals surface area (Å²) < 4.78 is 0. The molecule has 4 heteroatoms. The molecule has 96 valence electrons. The molecule has 0 saturated carbocycles. The molecule has 0 radical (unpaired) electrons. The summed E-state index contributed by atoms with van der Waals surface area (Å²) in [4.78, 5) is 18.5. The highest BCUT2D eigenvalue weighted by Crippen LogP contribution is 2.25. The first kappa shape index (κ1) is 11.7. The Morgan fingerprint density at radius 1 is 1.44 bits per heavy atom. The van der Waals surface area contributed by atoms with Gasteiger partial charge in [0.05, 0.1) is 5.56 Å². The van der Waals surface area contributed by atoms with Gasteiger partial charge < -0.3 is 10.2 Å². The molecule has 1 aromatic rings. The van der Waals surface area contributed by atoms with Crippen LogP contribution in [0.25, 0.3) is 0 Å². The van der Waals surface area contributed by atoms with Crippen molar-refractivity contribution in [2.24, 2.45) is 5.92 Å². The Labute approximate surface area is 107 Å². The number of aryl methyl sites for hydroxylation is 1. The van der Waals surface area contributed by atoms with Crippen LogP contribution in [-0.2, 0) is 0 Å². The fourth-order valence-electron chi connectivity index (χ4n) is 2.99. The van der Waals surface area contributed by atoms with Crippen molar-refractivity contribution in [2.75, 3.05) is 19.6 Å². The summed E-state index contributed by atoms with van der Waals surface area (Å²) in [5.74, 6) is 0.764. The zero-order valence-electron chi connectivity index (χ0n) is 10.7. The molecule has 1 N–H and O–H groups in total. The molecule has 0 aromatic carbocycles. The zero-order valence-corrected chi connectivity index (χ0v) is 10.7. The molecule has 2 unspecified atom stereocenters. The van der Waals surface area contributed by atoms with E-state index in [0.29, 0.717) is 17.5 Å². The van der Waals surface area contributed by atoms with Crippen LogP contribution in [0.5, 0.6) is 0 Å². The summed E-state index contributed by atoms with van der Waals surface area (Å²) in [6, 6.07) is 4.27. The number of rotatable bonds is 1. The Hall–Kier alpha value is -1.42. The third kappa shape index (κ3) is 2.12. The molecular formula is C14H19N3O. The van der Waals surface area contributed by atoms with Crippen molar-refractivity contribution in [3.63, 3.8) is 0 Å². The summed E-state index contributed by atoms with van der Waals surface area (Å²) in [5.41, 5.74) is 1.66. The molecule has 3 rings (SSSR count). The van der Waals surface area contributed by atoms with Crippen molar-refractivity contribution in [1.82, 2.24) is 15.2 Å². The molecule has 3 heterocycles. The molecule has 0 aliphatic carbocycles. The quantitative estimate of drug-likeness (QED) is 0.809. The summed E-state index contributed by atoms with van der Waals surface area (Å²) >= 11 is 0. The first-order valence-corrected chi connectivity index (χ1v) is 6.69. The number of aromatic nitrogens is 1. The highest BCUT2D eigenvalue weighted by molar-refractivity contribution is 5.94. The maximum Gasteiger partial charge on any atom is 0.255 e. The Morgan fingerprint density at radius 2 is 2.33 bits per heavy atom. The minimum atomic E-state index is 0.124. The minimum Gasteiger partial charge on any atom is -0.337 e. The first-order chi connectivity index (χ1) is 8.74. The smallest absolute Gasteiger partial charge is 0.255 e. The highest BCUT2D eigenvalue weighted by atomic mass is 16.2. The van der Waals surface area contributed by atoms with Crippen molar-refractivity contribution in [3.05, 3.63) is 29.6 Å². The molecule has 0 bridgehead atoms. The first-order valence-electron chi connectivity index (χ1n) is 6.69. The molecule has 0 spiro atoms. The molecule has 2 fully saturated rings. The molecule has 18 heavy (non-hydrogen) atoms. The maximum atomic E-state index is 12.4. The van der Waals surface area contributed by atoms with Crippen LogP contribution in [0.1, 0.15) is 28.9 Å². The van der Waals surface area contributed by atoms with Crippen molar-refractivity contribution < 1.29 is 4.79 Å². The van der Waals surface area contributed by atoms with E-state index in [1.54, 1.807) is 6.20 Å². The van der Waals surface area contributed by atoms with Gasteiger partial charge in [0.1, 0.15) is 0 Å². The largest absolute Gasteiger partial charge is 0.337 e. The van der Waals surface area contributed by atoms with E-state index in [2.05, 4.69) is 10.3 Å². The molecule has 2 saturated heterocycles. The number of pyridine rings is 1. The average Bonchev–Trinajstić information content (AvgIpc) is 2.82. The van der Waals surface area contributed by atoms with E-state index in [-0.39, 0.29) is 5.91 Å². The standard InChI is InChI=1S/C14H19N3O/c1-10-4-5-11(7-16-10)14(18)17-8-12-3-2-6-15-13(12)9-17/h4-5,7,12-13,15H,2-3,6,8-9H2,1H3. The number of piperidine rings is 1. The molecule has 2 aliphatic heterocycles. The van der Waals surface area contributed by atoms with Crippen LogP contribution >= 0.6 is 0 Å². The van der Waals surface area contributed by atoms with Gasteiger partial charge in [-0.3, -0.25) is 9.78 Å². The van der Waals surface area contributed by atoms with Crippen LogP contribution in [0, 0.1) is 12.8 Å². The summed E-state index contributed by atoms with van der Waals surface area (Å²) in [7, 11) is 0. The van der Waals surface area contributed by atoms with Gasteiger partial charge in [0.15, 0.2) is 0 Å². The van der Waals surface area contributed by atoms with Gasteiger partial charge in [-0.2, -0.15) is 0 Å². The van der Waals surface area contributed by atoms with E-state index in [4.69, 9.17) is 0 Å². The number of fused-ring (bicyclic) bond motifs is 1. The predicted octanol–water partition coefficient (Wildman–Crippen LogP) is 1.21. The van der Waals surface area contributed by atoms with E-state index in [0.717, 1.165) is 25.3 Å². The van der Waals surface area contributed by atoms with Crippen molar-refractivity contribution >= 4 is 5.91 Å². The van der Waals surface area contributed by atoms with Crippen LogP contribution in [0.2, 0.25) is 0 Å². The number of hydrogen-bond acceptors (Lipinski definition) is 3. The highest BCUT2D eigenvalue weighted by Gasteiger charge is 2.36. The lowest BCUT2D eigenvalue weighted by Crippen LogP contribution is -2.41. The van der Waals surface area contributed by atoms with Gasteiger partial charge in [-0.05, 0) is 44.4 Å². The third-order valence-corrected chi connectivity index (χ3v) is 4.04. The van der Waals surface area contributed by atoms with Crippen LogP contribution < -0.4 is 5.32 Å². The number of carbonyl (C=O) groups is 1. The van der Waals surface area contributed by atoms with E-state index in [1.807, 2.05) is 24.0 Å². The van der Waals surface area contributed by atoms with E-state index < -0.39 is 0 Å². The van der Waals surface area contributed by atoms with Crippen molar-refractivity contribution in [2.45, 2.75) is 25.8 Å². The number of nitrogens with zero attached hydrogens (tertiary/aromatic N) is 2. The average molecular weight is 245 g/mol. The van der Waals surface area contributed by atoms with Gasteiger partial charge in [-0.1, -0.05) is 0 Å². The second-order valence-electron chi connectivity index (χ2n) is 5.36. The minimum absolute atomic E-state index is 0.124. The fraction of sp³-hybridized carbons (Fsp3) is 0.571. The Balaban J connectivity index is 1.72. The summed E-state index contributed by atoms with van der Waals surface area (Å²) in [6.45, 7) is 4.76. The zero-order chi connectivity index (χ0) is 12.5.